The summed E-state index contributed by atoms with van der Waals surface area (Å²) in [5.74, 6) is 0. The molecule has 0 aromatic rings. The van der Waals surface area contributed by atoms with Crippen LogP contribution < -0.4 is 10.6 Å². The van der Waals surface area contributed by atoms with E-state index in [1.165, 1.54) is 0 Å². The number of nitrogens with zero attached hydrogens (tertiary/aromatic N) is 1. The van der Waals surface area contributed by atoms with E-state index < -0.39 is 29.8 Å². The monoisotopic (exact) mass is 533 g/mol. The molecule has 15 heteroatoms. The highest BCUT2D eigenvalue weighted by Gasteiger charge is 2.26. The van der Waals surface area contributed by atoms with Crippen molar-refractivity contribution in [2.45, 2.75) is 50.5 Å². The first kappa shape index (κ1) is 33.9. The van der Waals surface area contributed by atoms with Crippen molar-refractivity contribution in [3.63, 3.8) is 0 Å². The molecule has 0 aliphatic rings. The van der Waals surface area contributed by atoms with E-state index in [9.17, 15) is 10.2 Å². The molecule has 0 saturated heterocycles. The first-order valence-electron chi connectivity index (χ1n) is 11.9. The van der Waals surface area contributed by atoms with Crippen molar-refractivity contribution in [1.82, 2.24) is 15.5 Å². The minimum absolute atomic E-state index is 0.0811. The highest BCUT2D eigenvalue weighted by Crippen LogP contribution is 2.03. The maximum atomic E-state index is 10.2. The van der Waals surface area contributed by atoms with Gasteiger partial charge in [0.05, 0.1) is 25.4 Å². The summed E-state index contributed by atoms with van der Waals surface area (Å²) in [7, 11) is -8.03. The lowest BCUT2D eigenvalue weighted by Crippen LogP contribution is -2.41. The van der Waals surface area contributed by atoms with E-state index in [0.29, 0.717) is 39.0 Å². The third kappa shape index (κ3) is 25.0. The van der Waals surface area contributed by atoms with Gasteiger partial charge in [0.15, 0.2) is 0 Å². The van der Waals surface area contributed by atoms with Crippen molar-refractivity contribution in [2.75, 3.05) is 72.2 Å². The van der Waals surface area contributed by atoms with Crippen LogP contribution >= 0.6 is 0 Å². The highest BCUT2D eigenvalue weighted by molar-refractivity contribution is 6.56. The minimum atomic E-state index is -4.02. The molecule has 0 aromatic carbocycles. The van der Waals surface area contributed by atoms with Crippen LogP contribution in [0, 0.1) is 0 Å². The number of rotatable bonds is 24. The topological polar surface area (TPSA) is 208 Å². The van der Waals surface area contributed by atoms with Crippen LogP contribution in [0.3, 0.4) is 0 Å². The van der Waals surface area contributed by atoms with Crippen LogP contribution in [-0.4, -0.2) is 146 Å². The molecule has 0 fully saturated rings. The summed E-state index contributed by atoms with van der Waals surface area (Å²) in [5.41, 5.74) is 0. The van der Waals surface area contributed by atoms with Gasteiger partial charge in [-0.15, -0.1) is 0 Å². The third-order valence-electron chi connectivity index (χ3n) is 4.69. The Balaban J connectivity index is 3.72. The SMILES string of the molecule is CCCN(CCNCCNCC(O)COCCC[Si](O)(O)O)CC(O)COCCC[Si](O)(O)O. The van der Waals surface area contributed by atoms with Crippen LogP contribution in [0.5, 0.6) is 0 Å². The Morgan fingerprint density at radius 3 is 1.79 bits per heavy atom. The van der Waals surface area contributed by atoms with Crippen molar-refractivity contribution in [3.05, 3.63) is 0 Å². The summed E-state index contributed by atoms with van der Waals surface area (Å²) in [5, 5.41) is 26.4. The zero-order valence-electron chi connectivity index (χ0n) is 20.3. The fourth-order valence-electron chi connectivity index (χ4n) is 3.09. The smallest absolute Gasteiger partial charge is 0.390 e. The highest BCUT2D eigenvalue weighted by atomic mass is 28.4. The molecule has 2 unspecified atom stereocenters. The Kier molecular flexibility index (Phi) is 20.0. The first-order chi connectivity index (χ1) is 15.9. The minimum Gasteiger partial charge on any atom is -0.390 e. The largest absolute Gasteiger partial charge is 0.492 e. The predicted octanol–water partition coefficient (Wildman–Crippen LogP) is -3.76. The Morgan fingerprint density at radius 1 is 0.735 bits per heavy atom. The standard InChI is InChI=1S/C19H47N3O10Si2/c1-2-8-22(15-19(24)17-32-11-4-13-34(28,29)30)9-7-20-5-6-21-14-18(23)16-31-10-3-12-33(25,26)27/h18-21,23-30H,2-17H2,1H3. The van der Waals surface area contributed by atoms with Gasteiger partial charge in [-0.3, -0.25) is 4.90 Å². The summed E-state index contributed by atoms with van der Waals surface area (Å²) < 4.78 is 10.6. The van der Waals surface area contributed by atoms with Crippen LogP contribution in [0.15, 0.2) is 0 Å². The number of hydrogen-bond acceptors (Lipinski definition) is 13. The van der Waals surface area contributed by atoms with Crippen LogP contribution in [0.1, 0.15) is 26.2 Å². The number of nitrogens with one attached hydrogen (secondary N) is 2. The molecule has 34 heavy (non-hydrogen) atoms. The molecule has 10 N–H and O–H groups in total. The fraction of sp³-hybridized carbons (Fsp3) is 1.00. The molecule has 0 radical (unpaired) electrons. The molecular formula is C19H47N3O10Si2. The van der Waals surface area contributed by atoms with Gasteiger partial charge in [-0.1, -0.05) is 6.92 Å². The average molecular weight is 534 g/mol. The molecule has 0 rings (SSSR count). The molecule has 0 saturated carbocycles. The van der Waals surface area contributed by atoms with Gasteiger partial charge >= 0.3 is 17.6 Å². The van der Waals surface area contributed by atoms with Gasteiger partial charge in [0.1, 0.15) is 0 Å². The molecule has 0 amide bonds. The van der Waals surface area contributed by atoms with Crippen molar-refractivity contribution in [1.29, 1.82) is 0 Å². The fourth-order valence-corrected chi connectivity index (χ4v) is 4.33. The summed E-state index contributed by atoms with van der Waals surface area (Å²) in [6, 6.07) is -0.165. The predicted molar refractivity (Wildman–Crippen MR) is 130 cm³/mol. The van der Waals surface area contributed by atoms with Gasteiger partial charge in [0.2, 0.25) is 0 Å². The van der Waals surface area contributed by atoms with Gasteiger partial charge in [-0.25, -0.2) is 0 Å². The quantitative estimate of drug-likeness (QED) is 0.0428. The van der Waals surface area contributed by atoms with Gasteiger partial charge in [0.25, 0.3) is 0 Å². The van der Waals surface area contributed by atoms with Crippen LogP contribution in [0.25, 0.3) is 0 Å². The molecule has 0 aromatic heterocycles. The van der Waals surface area contributed by atoms with Gasteiger partial charge in [0, 0.05) is 64.6 Å². The Hall–Kier alpha value is -0.0862. The second kappa shape index (κ2) is 20.0. The maximum absolute atomic E-state index is 10.2. The lowest BCUT2D eigenvalue weighted by atomic mass is 10.3. The van der Waals surface area contributed by atoms with Crippen LogP contribution in [-0.2, 0) is 9.47 Å². The lowest BCUT2D eigenvalue weighted by Gasteiger charge is -2.25. The molecular weight excluding hydrogens is 486 g/mol. The Labute approximate surface area is 204 Å². The third-order valence-corrected chi connectivity index (χ3v) is 6.74. The number of aliphatic hydroxyl groups excluding tert-OH is 2. The van der Waals surface area contributed by atoms with E-state index in [1.54, 1.807) is 0 Å². The average Bonchev–Trinajstić information content (AvgIpc) is 2.71. The summed E-state index contributed by atoms with van der Waals surface area (Å²) in [6.07, 6.45) is 0.264. The molecule has 206 valence electrons. The number of ether oxygens (including phenoxy) is 2. The molecule has 0 aliphatic carbocycles. The van der Waals surface area contributed by atoms with Gasteiger partial charge in [-0.05, 0) is 25.8 Å². The van der Waals surface area contributed by atoms with Crippen molar-refractivity contribution < 1.29 is 48.5 Å². The normalized spacial score (nSPS) is 14.6. The summed E-state index contributed by atoms with van der Waals surface area (Å²) >= 11 is 0. The van der Waals surface area contributed by atoms with E-state index in [1.807, 2.05) is 0 Å². The number of hydrogen-bond donors (Lipinski definition) is 10. The summed E-state index contributed by atoms with van der Waals surface area (Å²) in [4.78, 5) is 55.6. The van der Waals surface area contributed by atoms with E-state index in [2.05, 4.69) is 22.5 Å². The van der Waals surface area contributed by atoms with E-state index in [-0.39, 0.29) is 38.5 Å². The molecule has 13 nitrogen and oxygen atoms in total. The second-order valence-electron chi connectivity index (χ2n) is 8.47. The van der Waals surface area contributed by atoms with Crippen molar-refractivity contribution in [2.24, 2.45) is 0 Å². The first-order valence-corrected chi connectivity index (χ1v) is 16.0. The zero-order valence-corrected chi connectivity index (χ0v) is 22.3. The second-order valence-corrected chi connectivity index (χ2v) is 12.6. The Morgan fingerprint density at radius 2 is 1.26 bits per heavy atom. The van der Waals surface area contributed by atoms with Crippen LogP contribution in [0.4, 0.5) is 0 Å². The molecule has 0 bridgehead atoms. The van der Waals surface area contributed by atoms with Gasteiger partial charge in [-0.2, -0.15) is 0 Å². The molecule has 0 aliphatic heterocycles. The molecule has 2 atom stereocenters. The van der Waals surface area contributed by atoms with Gasteiger partial charge < -0.3 is 59.1 Å². The Bertz CT molecular complexity index is 473. The summed E-state index contributed by atoms with van der Waals surface area (Å²) in [6.45, 7) is 7.37. The van der Waals surface area contributed by atoms with E-state index in [4.69, 9.17) is 38.2 Å². The van der Waals surface area contributed by atoms with E-state index >= 15 is 0 Å². The van der Waals surface area contributed by atoms with E-state index in [0.717, 1.165) is 26.1 Å². The van der Waals surface area contributed by atoms with Crippen molar-refractivity contribution >= 4 is 17.6 Å². The van der Waals surface area contributed by atoms with Crippen LogP contribution in [0.2, 0.25) is 12.1 Å². The molecule has 0 heterocycles. The number of aliphatic hydroxyl groups is 2. The van der Waals surface area contributed by atoms with Crippen molar-refractivity contribution in [3.8, 4) is 0 Å². The molecule has 0 spiro atoms. The zero-order chi connectivity index (χ0) is 25.9. The lowest BCUT2D eigenvalue weighted by molar-refractivity contribution is 0.0163. The maximum Gasteiger partial charge on any atom is 0.492 e.